The highest BCUT2D eigenvalue weighted by Gasteiger charge is 2.09. The van der Waals surface area contributed by atoms with Crippen LogP contribution in [-0.2, 0) is 0 Å². The molecule has 0 aliphatic rings. The number of halogens is 1. The molecule has 0 unspecified atom stereocenters. The van der Waals surface area contributed by atoms with Crippen molar-refractivity contribution in [3.63, 3.8) is 0 Å². The van der Waals surface area contributed by atoms with E-state index in [1.807, 2.05) is 43.1 Å². The Bertz CT molecular complexity index is 754. The van der Waals surface area contributed by atoms with Crippen LogP contribution < -0.4 is 4.74 Å². The summed E-state index contributed by atoms with van der Waals surface area (Å²) in [6.07, 6.45) is 1.80. The number of rotatable bonds is 6. The van der Waals surface area contributed by atoms with Crippen LogP contribution in [0.1, 0.15) is 44.7 Å². The molecule has 0 N–H and O–H groups in total. The zero-order valence-corrected chi connectivity index (χ0v) is 16.6. The first-order valence-corrected chi connectivity index (χ1v) is 8.99. The van der Waals surface area contributed by atoms with Crippen LogP contribution in [0.15, 0.2) is 41.4 Å². The van der Waals surface area contributed by atoms with Gasteiger partial charge in [-0.05, 0) is 56.0 Å². The first-order chi connectivity index (χ1) is 11.8. The van der Waals surface area contributed by atoms with Crippen molar-refractivity contribution in [2.24, 2.45) is 4.99 Å². The lowest BCUT2D eigenvalue weighted by Crippen LogP contribution is -2.24. The molecule has 0 radical (unpaired) electrons. The van der Waals surface area contributed by atoms with Gasteiger partial charge >= 0.3 is 0 Å². The van der Waals surface area contributed by atoms with Gasteiger partial charge in [0, 0.05) is 19.2 Å². The van der Waals surface area contributed by atoms with Crippen molar-refractivity contribution in [1.29, 1.82) is 0 Å². The highest BCUT2D eigenvalue weighted by atomic mass is 35.5. The molecule has 2 aromatic rings. The van der Waals surface area contributed by atoms with E-state index in [2.05, 4.69) is 44.8 Å². The summed E-state index contributed by atoms with van der Waals surface area (Å²) in [5.74, 6) is 2.03. The lowest BCUT2D eigenvalue weighted by molar-refractivity contribution is 0.429. The van der Waals surface area contributed by atoms with Crippen molar-refractivity contribution in [2.45, 2.75) is 46.6 Å². The molecule has 4 heteroatoms. The molecule has 2 rings (SSSR count). The largest absolute Gasteiger partial charge is 0.457 e. The Kier molecular flexibility index (Phi) is 6.49. The molecule has 0 aliphatic carbocycles. The van der Waals surface area contributed by atoms with Crippen LogP contribution >= 0.6 is 11.6 Å². The van der Waals surface area contributed by atoms with E-state index in [1.54, 1.807) is 6.34 Å². The molecule has 0 fully saturated rings. The highest BCUT2D eigenvalue weighted by molar-refractivity contribution is 6.33. The van der Waals surface area contributed by atoms with Crippen molar-refractivity contribution in [2.75, 3.05) is 7.05 Å². The van der Waals surface area contributed by atoms with Crippen molar-refractivity contribution in [3.8, 4) is 11.5 Å². The van der Waals surface area contributed by atoms with Gasteiger partial charge in [-0.15, -0.1) is 0 Å². The lowest BCUT2D eigenvalue weighted by Gasteiger charge is -2.17. The molecule has 0 saturated heterocycles. The van der Waals surface area contributed by atoms with Crippen LogP contribution in [-0.4, -0.2) is 24.3 Å². The Morgan fingerprint density at radius 1 is 1.12 bits per heavy atom. The average molecular weight is 359 g/mol. The van der Waals surface area contributed by atoms with Crippen molar-refractivity contribution in [3.05, 3.63) is 52.5 Å². The summed E-state index contributed by atoms with van der Waals surface area (Å²) in [6.45, 7) is 10.6. The predicted octanol–water partition coefficient (Wildman–Crippen LogP) is 6.56. The fourth-order valence-corrected chi connectivity index (χ4v) is 2.41. The first-order valence-electron chi connectivity index (χ1n) is 8.62. The molecule has 25 heavy (non-hydrogen) atoms. The minimum Gasteiger partial charge on any atom is -0.457 e. The monoisotopic (exact) mass is 358 g/mol. The predicted molar refractivity (Wildman–Crippen MR) is 108 cm³/mol. The molecular formula is C21H27ClN2O. The van der Waals surface area contributed by atoms with Gasteiger partial charge in [0.2, 0.25) is 0 Å². The number of ether oxygens (including phenoxy) is 1. The fourth-order valence-electron chi connectivity index (χ4n) is 2.21. The Hall–Kier alpha value is -2.00. The second-order valence-corrected chi connectivity index (χ2v) is 7.31. The Morgan fingerprint density at radius 3 is 2.48 bits per heavy atom. The summed E-state index contributed by atoms with van der Waals surface area (Å²) in [5, 5.41) is 0.578. The van der Waals surface area contributed by atoms with Crippen molar-refractivity contribution in [1.82, 2.24) is 4.90 Å². The van der Waals surface area contributed by atoms with Gasteiger partial charge in [-0.3, -0.25) is 0 Å². The third-order valence-electron chi connectivity index (χ3n) is 4.19. The Labute approximate surface area is 156 Å². The molecule has 0 aromatic heterocycles. The summed E-state index contributed by atoms with van der Waals surface area (Å²) < 4.78 is 6.05. The van der Waals surface area contributed by atoms with Crippen molar-refractivity contribution >= 4 is 23.6 Å². The number of benzene rings is 2. The van der Waals surface area contributed by atoms with E-state index in [-0.39, 0.29) is 0 Å². The van der Waals surface area contributed by atoms with E-state index in [1.165, 1.54) is 5.56 Å². The van der Waals surface area contributed by atoms with Crippen LogP contribution in [0.3, 0.4) is 0 Å². The fraction of sp³-hybridized carbons (Fsp3) is 0.381. The molecule has 134 valence electrons. The van der Waals surface area contributed by atoms with Gasteiger partial charge in [-0.25, -0.2) is 4.99 Å². The van der Waals surface area contributed by atoms with Gasteiger partial charge in [0.25, 0.3) is 0 Å². The smallest absolute Gasteiger partial charge is 0.131 e. The quantitative estimate of drug-likeness (QED) is 0.431. The number of aryl methyl sites for hydroxylation is 1. The normalized spacial score (nSPS) is 11.6. The summed E-state index contributed by atoms with van der Waals surface area (Å²) in [6, 6.07) is 12.3. The summed E-state index contributed by atoms with van der Waals surface area (Å²) in [7, 11) is 1.99. The standard InChI is InChI=1S/C21H27ClN2O/c1-14(2)17-8-7-9-18(11-17)25-21-12-19(22)20(10-16(21)5)23-13-24(6)15(3)4/h7-15H,1-6H3/b23-13-. The molecule has 0 atom stereocenters. The highest BCUT2D eigenvalue weighted by Crippen LogP contribution is 2.35. The number of nitrogens with zero attached hydrogens (tertiary/aromatic N) is 2. The van der Waals surface area contributed by atoms with Gasteiger partial charge in [0.15, 0.2) is 0 Å². The number of aliphatic imine (C=N–C) groups is 1. The van der Waals surface area contributed by atoms with Crippen LogP contribution in [0.2, 0.25) is 5.02 Å². The molecule has 0 spiro atoms. The third kappa shape index (κ3) is 5.23. The molecule has 0 heterocycles. The summed E-state index contributed by atoms with van der Waals surface area (Å²) in [5.41, 5.74) is 2.99. The molecule has 0 saturated carbocycles. The van der Waals surface area contributed by atoms with E-state index in [9.17, 15) is 0 Å². The van der Waals surface area contributed by atoms with Gasteiger partial charge < -0.3 is 9.64 Å². The molecule has 2 aromatic carbocycles. The van der Waals surface area contributed by atoms with Crippen LogP contribution in [0.5, 0.6) is 11.5 Å². The van der Waals surface area contributed by atoms with E-state index in [0.717, 1.165) is 22.7 Å². The number of hydrogen-bond acceptors (Lipinski definition) is 2. The molecule has 3 nitrogen and oxygen atoms in total. The van der Waals surface area contributed by atoms with E-state index in [4.69, 9.17) is 16.3 Å². The van der Waals surface area contributed by atoms with Crippen LogP contribution in [0.4, 0.5) is 5.69 Å². The topological polar surface area (TPSA) is 24.8 Å². The minimum absolute atomic E-state index is 0.388. The molecular weight excluding hydrogens is 332 g/mol. The van der Waals surface area contributed by atoms with Crippen molar-refractivity contribution < 1.29 is 4.74 Å². The third-order valence-corrected chi connectivity index (χ3v) is 4.49. The molecule has 0 bridgehead atoms. The Morgan fingerprint density at radius 2 is 1.84 bits per heavy atom. The van der Waals surface area contributed by atoms with Gasteiger partial charge in [-0.2, -0.15) is 0 Å². The lowest BCUT2D eigenvalue weighted by atomic mass is 10.0. The first kappa shape index (κ1) is 19.3. The number of hydrogen-bond donors (Lipinski definition) is 0. The molecule has 0 aliphatic heterocycles. The van der Waals surface area contributed by atoms with Crippen LogP contribution in [0, 0.1) is 6.92 Å². The van der Waals surface area contributed by atoms with Crippen LogP contribution in [0.25, 0.3) is 0 Å². The van der Waals surface area contributed by atoms with Gasteiger partial charge in [0.1, 0.15) is 11.5 Å². The minimum atomic E-state index is 0.388. The maximum Gasteiger partial charge on any atom is 0.131 e. The van der Waals surface area contributed by atoms with Gasteiger partial charge in [-0.1, -0.05) is 37.6 Å². The van der Waals surface area contributed by atoms with E-state index >= 15 is 0 Å². The molecule has 0 amide bonds. The summed E-state index contributed by atoms with van der Waals surface area (Å²) >= 11 is 6.40. The maximum absolute atomic E-state index is 6.40. The van der Waals surface area contributed by atoms with E-state index < -0.39 is 0 Å². The van der Waals surface area contributed by atoms with Gasteiger partial charge in [0.05, 0.1) is 17.0 Å². The second kappa shape index (κ2) is 8.39. The van der Waals surface area contributed by atoms with E-state index in [0.29, 0.717) is 17.0 Å². The average Bonchev–Trinajstić information content (AvgIpc) is 2.56. The SMILES string of the molecule is Cc1cc(/N=C\N(C)C(C)C)c(Cl)cc1Oc1cccc(C(C)C)c1. The maximum atomic E-state index is 6.40. The second-order valence-electron chi connectivity index (χ2n) is 6.90. The zero-order chi connectivity index (χ0) is 18.6. The zero-order valence-electron chi connectivity index (χ0n) is 15.9. The summed E-state index contributed by atoms with van der Waals surface area (Å²) in [4.78, 5) is 6.52. The Balaban J connectivity index is 2.24.